The highest BCUT2D eigenvalue weighted by Gasteiger charge is 2.16. The number of aromatic nitrogens is 2. The first kappa shape index (κ1) is 20.3. The van der Waals surface area contributed by atoms with Gasteiger partial charge in [0.1, 0.15) is 11.6 Å². The molecule has 0 bridgehead atoms. The van der Waals surface area contributed by atoms with Crippen LogP contribution in [-0.4, -0.2) is 47.7 Å². The molecule has 3 rings (SSSR count). The van der Waals surface area contributed by atoms with E-state index in [0.29, 0.717) is 6.54 Å². The quantitative estimate of drug-likeness (QED) is 0.427. The van der Waals surface area contributed by atoms with Crippen LogP contribution in [0.25, 0.3) is 5.57 Å². The molecule has 0 unspecified atom stereocenters. The van der Waals surface area contributed by atoms with Crippen molar-refractivity contribution in [1.82, 2.24) is 19.8 Å². The first-order chi connectivity index (χ1) is 12.2. The van der Waals surface area contributed by atoms with Crippen LogP contribution in [0, 0.1) is 0 Å². The molecular weight excluding hydrogens is 441 g/mol. The van der Waals surface area contributed by atoms with Crippen molar-refractivity contribution in [2.24, 2.45) is 12.0 Å². The van der Waals surface area contributed by atoms with Gasteiger partial charge in [-0.2, -0.15) is 0 Å². The highest BCUT2D eigenvalue weighted by atomic mass is 127. The van der Waals surface area contributed by atoms with Gasteiger partial charge in [0.25, 0.3) is 0 Å². The molecule has 1 aromatic carbocycles. The molecule has 0 fully saturated rings. The van der Waals surface area contributed by atoms with Gasteiger partial charge >= 0.3 is 0 Å². The predicted molar refractivity (Wildman–Crippen MR) is 116 cm³/mol. The minimum atomic E-state index is 0. The zero-order chi connectivity index (χ0) is 17.6. The molecule has 140 valence electrons. The van der Waals surface area contributed by atoms with Crippen molar-refractivity contribution in [2.45, 2.75) is 13.0 Å². The summed E-state index contributed by atoms with van der Waals surface area (Å²) >= 11 is 0. The molecule has 2 aromatic rings. The first-order valence-electron chi connectivity index (χ1n) is 8.46. The standard InChI is InChI=1S/C19H25N5O.HI/c1-20-19(22-14-18-21-9-12-23(18)2)24-10-7-15(8-11-24)16-5-4-6-17(13-16)25-3;/h4-7,9,12-13H,8,10-11,14H2,1-3H3,(H,20,22);1H. The van der Waals surface area contributed by atoms with Crippen molar-refractivity contribution in [1.29, 1.82) is 0 Å². The molecule has 1 aliphatic rings. The number of hydrogen-bond donors (Lipinski definition) is 1. The van der Waals surface area contributed by atoms with Gasteiger partial charge in [-0.1, -0.05) is 18.2 Å². The maximum Gasteiger partial charge on any atom is 0.194 e. The van der Waals surface area contributed by atoms with E-state index in [9.17, 15) is 0 Å². The Morgan fingerprint density at radius 2 is 2.23 bits per heavy atom. The van der Waals surface area contributed by atoms with Gasteiger partial charge in [0.05, 0.1) is 13.7 Å². The van der Waals surface area contributed by atoms with Gasteiger partial charge < -0.3 is 19.5 Å². The van der Waals surface area contributed by atoms with E-state index in [2.05, 4.69) is 38.4 Å². The van der Waals surface area contributed by atoms with Gasteiger partial charge in [-0.3, -0.25) is 4.99 Å². The molecule has 0 saturated carbocycles. The number of benzene rings is 1. The van der Waals surface area contributed by atoms with Crippen LogP contribution in [0.5, 0.6) is 5.75 Å². The molecule has 26 heavy (non-hydrogen) atoms. The Labute approximate surface area is 172 Å². The van der Waals surface area contributed by atoms with Gasteiger partial charge in [-0.05, 0) is 29.7 Å². The number of nitrogens with zero attached hydrogens (tertiary/aromatic N) is 4. The summed E-state index contributed by atoms with van der Waals surface area (Å²) in [6.45, 7) is 2.44. The number of methoxy groups -OCH3 is 1. The zero-order valence-electron chi connectivity index (χ0n) is 15.5. The average Bonchev–Trinajstić information content (AvgIpc) is 3.08. The summed E-state index contributed by atoms with van der Waals surface area (Å²) in [5.74, 6) is 2.79. The van der Waals surface area contributed by atoms with E-state index in [1.165, 1.54) is 11.1 Å². The maximum atomic E-state index is 5.32. The summed E-state index contributed by atoms with van der Waals surface area (Å²) in [6.07, 6.45) is 7.01. The van der Waals surface area contributed by atoms with Crippen molar-refractivity contribution in [2.75, 3.05) is 27.2 Å². The van der Waals surface area contributed by atoms with Gasteiger partial charge in [-0.15, -0.1) is 24.0 Å². The SMILES string of the molecule is CN=C(NCc1nccn1C)N1CC=C(c2cccc(OC)c2)CC1.I. The van der Waals surface area contributed by atoms with Crippen LogP contribution in [0.4, 0.5) is 0 Å². The number of hydrogen-bond acceptors (Lipinski definition) is 3. The summed E-state index contributed by atoms with van der Waals surface area (Å²) in [5, 5.41) is 3.40. The van der Waals surface area contributed by atoms with Crippen LogP contribution in [0.2, 0.25) is 0 Å². The van der Waals surface area contributed by atoms with Crippen LogP contribution in [-0.2, 0) is 13.6 Å². The van der Waals surface area contributed by atoms with Crippen LogP contribution >= 0.6 is 24.0 Å². The van der Waals surface area contributed by atoms with Gasteiger partial charge in [0.2, 0.25) is 0 Å². The van der Waals surface area contributed by atoms with E-state index in [1.54, 1.807) is 7.11 Å². The lowest BCUT2D eigenvalue weighted by molar-refractivity contribution is 0.414. The Kier molecular flexibility index (Phi) is 7.50. The number of ether oxygens (including phenoxy) is 1. The monoisotopic (exact) mass is 467 g/mol. The smallest absolute Gasteiger partial charge is 0.194 e. The Hall–Kier alpha value is -2.03. The zero-order valence-corrected chi connectivity index (χ0v) is 17.8. The number of nitrogens with one attached hydrogen (secondary N) is 1. The molecule has 1 aromatic heterocycles. The Bertz CT molecular complexity index is 784. The molecule has 0 radical (unpaired) electrons. The fourth-order valence-electron chi connectivity index (χ4n) is 3.00. The molecule has 1 N–H and O–H groups in total. The van der Waals surface area contributed by atoms with Crippen LogP contribution in [0.1, 0.15) is 17.8 Å². The van der Waals surface area contributed by atoms with Crippen LogP contribution in [0.15, 0.2) is 47.7 Å². The molecule has 0 spiro atoms. The van der Waals surface area contributed by atoms with E-state index in [0.717, 1.165) is 37.0 Å². The lowest BCUT2D eigenvalue weighted by Gasteiger charge is -2.29. The lowest BCUT2D eigenvalue weighted by atomic mass is 9.99. The Morgan fingerprint density at radius 3 is 2.85 bits per heavy atom. The maximum absolute atomic E-state index is 5.32. The highest BCUT2D eigenvalue weighted by molar-refractivity contribution is 14.0. The Balaban J connectivity index is 0.00000243. The van der Waals surface area contributed by atoms with Crippen LogP contribution < -0.4 is 10.1 Å². The van der Waals surface area contributed by atoms with Gasteiger partial charge in [0.15, 0.2) is 5.96 Å². The average molecular weight is 467 g/mol. The van der Waals surface area contributed by atoms with Gasteiger partial charge in [0, 0.05) is 39.6 Å². The Morgan fingerprint density at radius 1 is 1.38 bits per heavy atom. The van der Waals surface area contributed by atoms with Gasteiger partial charge in [-0.25, -0.2) is 4.98 Å². The summed E-state index contributed by atoms with van der Waals surface area (Å²) in [5.41, 5.74) is 2.59. The summed E-state index contributed by atoms with van der Waals surface area (Å²) < 4.78 is 7.34. The number of rotatable bonds is 4. The first-order valence-corrected chi connectivity index (χ1v) is 8.46. The second kappa shape index (κ2) is 9.61. The molecule has 0 saturated heterocycles. The molecule has 1 aliphatic heterocycles. The van der Waals surface area contributed by atoms with E-state index < -0.39 is 0 Å². The van der Waals surface area contributed by atoms with Crippen molar-refractivity contribution in [3.63, 3.8) is 0 Å². The molecule has 0 atom stereocenters. The predicted octanol–water partition coefficient (Wildman–Crippen LogP) is 2.91. The third-order valence-corrected chi connectivity index (χ3v) is 4.49. The van der Waals surface area contributed by atoms with Crippen LogP contribution in [0.3, 0.4) is 0 Å². The summed E-state index contributed by atoms with van der Waals surface area (Å²) in [4.78, 5) is 11.0. The van der Waals surface area contributed by atoms with Crippen molar-refractivity contribution in [3.8, 4) is 5.75 Å². The number of imidazole rings is 1. The summed E-state index contributed by atoms with van der Waals surface area (Å²) in [7, 11) is 5.52. The van der Waals surface area contributed by atoms with Crippen molar-refractivity contribution >= 4 is 35.5 Å². The molecule has 0 amide bonds. The minimum Gasteiger partial charge on any atom is -0.497 e. The van der Waals surface area contributed by atoms with E-state index in [-0.39, 0.29) is 24.0 Å². The fourth-order valence-corrected chi connectivity index (χ4v) is 3.00. The summed E-state index contributed by atoms with van der Waals surface area (Å²) in [6, 6.07) is 8.24. The normalized spacial score (nSPS) is 14.5. The fraction of sp³-hybridized carbons (Fsp3) is 0.368. The van der Waals surface area contributed by atoms with Crippen molar-refractivity contribution in [3.05, 3.63) is 54.1 Å². The van der Waals surface area contributed by atoms with E-state index >= 15 is 0 Å². The number of halogens is 1. The highest BCUT2D eigenvalue weighted by Crippen LogP contribution is 2.25. The topological polar surface area (TPSA) is 54.7 Å². The molecule has 6 nitrogen and oxygen atoms in total. The minimum absolute atomic E-state index is 0. The number of aryl methyl sites for hydroxylation is 1. The molecule has 0 aliphatic carbocycles. The second-order valence-electron chi connectivity index (χ2n) is 6.01. The molecule has 7 heteroatoms. The largest absolute Gasteiger partial charge is 0.497 e. The lowest BCUT2D eigenvalue weighted by Crippen LogP contribution is -2.43. The second-order valence-corrected chi connectivity index (χ2v) is 6.01. The number of aliphatic imine (C=N–C) groups is 1. The number of guanidine groups is 1. The van der Waals surface area contributed by atoms with Crippen molar-refractivity contribution < 1.29 is 4.74 Å². The third kappa shape index (κ3) is 4.78. The van der Waals surface area contributed by atoms with E-state index in [4.69, 9.17) is 4.74 Å². The van der Waals surface area contributed by atoms with E-state index in [1.807, 2.05) is 43.2 Å². The molecule has 2 heterocycles. The molecular formula is C19H26IN5O. The third-order valence-electron chi connectivity index (χ3n) is 4.49.